The summed E-state index contributed by atoms with van der Waals surface area (Å²) in [7, 11) is 0. The van der Waals surface area contributed by atoms with E-state index in [9.17, 15) is 0 Å². The van der Waals surface area contributed by atoms with E-state index < -0.39 is 0 Å². The van der Waals surface area contributed by atoms with Gasteiger partial charge in [-0.2, -0.15) is 5.26 Å². The van der Waals surface area contributed by atoms with Crippen LogP contribution in [0.1, 0.15) is 43.6 Å². The number of hydrogen-bond acceptors (Lipinski definition) is 1. The van der Waals surface area contributed by atoms with Crippen molar-refractivity contribution in [1.82, 2.24) is 4.57 Å². The highest BCUT2D eigenvalue weighted by Crippen LogP contribution is 2.16. The van der Waals surface area contributed by atoms with Crippen molar-refractivity contribution in [1.29, 1.82) is 5.26 Å². The molecule has 2 heteroatoms. The zero-order valence-electron chi connectivity index (χ0n) is 9.30. The molecule has 0 aliphatic rings. The summed E-state index contributed by atoms with van der Waals surface area (Å²) in [6, 6.07) is 4.44. The summed E-state index contributed by atoms with van der Waals surface area (Å²) in [4.78, 5) is 0. The normalized spacial score (nSPS) is 10.1. The van der Waals surface area contributed by atoms with E-state index in [0.717, 1.165) is 25.1 Å². The minimum atomic E-state index is 0.860. The van der Waals surface area contributed by atoms with Gasteiger partial charge < -0.3 is 4.57 Å². The van der Waals surface area contributed by atoms with Gasteiger partial charge in [-0.15, -0.1) is 0 Å². The lowest BCUT2D eigenvalue weighted by Crippen LogP contribution is -2.03. The SMILES string of the molecule is CCCCn1c(C)cc(CC)c1C#N. The van der Waals surface area contributed by atoms with Crippen LogP contribution in [0.25, 0.3) is 0 Å². The van der Waals surface area contributed by atoms with Crippen molar-refractivity contribution in [2.45, 2.75) is 46.6 Å². The van der Waals surface area contributed by atoms with Crippen LogP contribution in [0.3, 0.4) is 0 Å². The first-order valence-electron chi connectivity index (χ1n) is 5.33. The zero-order valence-corrected chi connectivity index (χ0v) is 9.30. The van der Waals surface area contributed by atoms with E-state index in [1.807, 2.05) is 0 Å². The summed E-state index contributed by atoms with van der Waals surface area (Å²) in [6.45, 7) is 7.33. The molecule has 76 valence electrons. The van der Waals surface area contributed by atoms with E-state index in [4.69, 9.17) is 5.26 Å². The molecule has 1 rings (SSSR count). The molecule has 2 nitrogen and oxygen atoms in total. The van der Waals surface area contributed by atoms with Crippen molar-refractivity contribution >= 4 is 0 Å². The first kappa shape index (κ1) is 10.8. The van der Waals surface area contributed by atoms with E-state index in [1.54, 1.807) is 0 Å². The Balaban J connectivity index is 3.01. The van der Waals surface area contributed by atoms with E-state index >= 15 is 0 Å². The van der Waals surface area contributed by atoms with E-state index in [1.165, 1.54) is 17.7 Å². The Kier molecular flexibility index (Phi) is 3.76. The van der Waals surface area contributed by atoms with Gasteiger partial charge in [0, 0.05) is 12.2 Å². The molecular weight excluding hydrogens is 172 g/mol. The van der Waals surface area contributed by atoms with Crippen LogP contribution in [-0.2, 0) is 13.0 Å². The van der Waals surface area contributed by atoms with Crippen LogP contribution in [0, 0.1) is 18.3 Å². The highest BCUT2D eigenvalue weighted by atomic mass is 15.0. The maximum atomic E-state index is 9.07. The molecule has 0 aliphatic carbocycles. The highest BCUT2D eigenvalue weighted by Gasteiger charge is 2.09. The summed E-state index contributed by atoms with van der Waals surface area (Å²) >= 11 is 0. The molecule has 14 heavy (non-hydrogen) atoms. The van der Waals surface area contributed by atoms with Crippen LogP contribution in [0.5, 0.6) is 0 Å². The fourth-order valence-electron chi connectivity index (χ4n) is 1.75. The molecular formula is C12H18N2. The van der Waals surface area contributed by atoms with Gasteiger partial charge in [-0.25, -0.2) is 0 Å². The van der Waals surface area contributed by atoms with Crippen molar-refractivity contribution in [3.63, 3.8) is 0 Å². The predicted octanol–water partition coefficient (Wildman–Crippen LogP) is 3.03. The Morgan fingerprint density at radius 1 is 1.43 bits per heavy atom. The van der Waals surface area contributed by atoms with Crippen LogP contribution >= 0.6 is 0 Å². The lowest BCUT2D eigenvalue weighted by atomic mass is 10.2. The molecule has 0 saturated heterocycles. The number of hydrogen-bond donors (Lipinski definition) is 0. The molecule has 0 amide bonds. The third-order valence-corrected chi connectivity index (χ3v) is 2.61. The average Bonchev–Trinajstić information content (AvgIpc) is 2.51. The summed E-state index contributed by atoms with van der Waals surface area (Å²) in [5.74, 6) is 0. The second kappa shape index (κ2) is 4.85. The van der Waals surface area contributed by atoms with Gasteiger partial charge >= 0.3 is 0 Å². The Morgan fingerprint density at radius 3 is 2.64 bits per heavy atom. The standard InChI is InChI=1S/C12H18N2/c1-4-6-7-14-10(3)8-11(5-2)12(14)9-13/h8H,4-7H2,1-3H3. The average molecular weight is 190 g/mol. The molecule has 0 radical (unpaired) electrons. The maximum absolute atomic E-state index is 9.07. The second-order valence-corrected chi connectivity index (χ2v) is 3.63. The largest absolute Gasteiger partial charge is 0.337 e. The van der Waals surface area contributed by atoms with Crippen LogP contribution in [0.2, 0.25) is 0 Å². The van der Waals surface area contributed by atoms with Gasteiger partial charge in [-0.1, -0.05) is 20.3 Å². The summed E-state index contributed by atoms with van der Waals surface area (Å²) in [6.07, 6.45) is 3.26. The third kappa shape index (κ3) is 1.98. The van der Waals surface area contributed by atoms with Crippen molar-refractivity contribution in [2.75, 3.05) is 0 Å². The zero-order chi connectivity index (χ0) is 10.6. The maximum Gasteiger partial charge on any atom is 0.123 e. The Labute approximate surface area is 86.2 Å². The fraction of sp³-hybridized carbons (Fsp3) is 0.583. The number of aromatic nitrogens is 1. The summed E-state index contributed by atoms with van der Waals surface area (Å²) < 4.78 is 2.14. The lowest BCUT2D eigenvalue weighted by Gasteiger charge is -2.06. The van der Waals surface area contributed by atoms with Crippen LogP contribution in [-0.4, -0.2) is 4.57 Å². The first-order chi connectivity index (χ1) is 6.74. The summed E-state index contributed by atoms with van der Waals surface area (Å²) in [5.41, 5.74) is 3.26. The van der Waals surface area contributed by atoms with Gasteiger partial charge in [-0.3, -0.25) is 0 Å². The van der Waals surface area contributed by atoms with Gasteiger partial charge in [0.05, 0.1) is 0 Å². The lowest BCUT2D eigenvalue weighted by molar-refractivity contribution is 0.615. The molecule has 0 aliphatic heterocycles. The number of unbranched alkanes of at least 4 members (excludes halogenated alkanes) is 1. The van der Waals surface area contributed by atoms with Crippen molar-refractivity contribution in [3.8, 4) is 6.07 Å². The Morgan fingerprint density at radius 2 is 2.14 bits per heavy atom. The third-order valence-electron chi connectivity index (χ3n) is 2.61. The Bertz CT molecular complexity index is 342. The fourth-order valence-corrected chi connectivity index (χ4v) is 1.75. The van der Waals surface area contributed by atoms with Crippen LogP contribution in [0.15, 0.2) is 6.07 Å². The predicted molar refractivity (Wildman–Crippen MR) is 58.2 cm³/mol. The van der Waals surface area contributed by atoms with Crippen LogP contribution in [0.4, 0.5) is 0 Å². The number of rotatable bonds is 4. The van der Waals surface area contributed by atoms with Gasteiger partial charge in [0.1, 0.15) is 11.8 Å². The van der Waals surface area contributed by atoms with E-state index in [-0.39, 0.29) is 0 Å². The molecule has 0 fully saturated rings. The van der Waals surface area contributed by atoms with E-state index in [0.29, 0.717) is 0 Å². The number of aryl methyl sites for hydroxylation is 2. The van der Waals surface area contributed by atoms with Gasteiger partial charge in [-0.05, 0) is 31.4 Å². The van der Waals surface area contributed by atoms with Gasteiger partial charge in [0.2, 0.25) is 0 Å². The van der Waals surface area contributed by atoms with Crippen LogP contribution < -0.4 is 0 Å². The first-order valence-corrected chi connectivity index (χ1v) is 5.33. The molecule has 0 aromatic carbocycles. The monoisotopic (exact) mass is 190 g/mol. The Hall–Kier alpha value is -1.23. The van der Waals surface area contributed by atoms with Gasteiger partial charge in [0.15, 0.2) is 0 Å². The summed E-state index contributed by atoms with van der Waals surface area (Å²) in [5, 5.41) is 9.07. The van der Waals surface area contributed by atoms with Crippen molar-refractivity contribution in [3.05, 3.63) is 23.0 Å². The topological polar surface area (TPSA) is 28.7 Å². The molecule has 0 bridgehead atoms. The molecule has 1 aromatic rings. The number of nitrogens with zero attached hydrogens (tertiary/aromatic N) is 2. The molecule has 0 unspecified atom stereocenters. The molecule has 0 saturated carbocycles. The molecule has 0 N–H and O–H groups in total. The molecule has 1 aromatic heterocycles. The second-order valence-electron chi connectivity index (χ2n) is 3.63. The molecule has 0 spiro atoms. The smallest absolute Gasteiger partial charge is 0.123 e. The molecule has 0 atom stereocenters. The van der Waals surface area contributed by atoms with E-state index in [2.05, 4.69) is 37.5 Å². The van der Waals surface area contributed by atoms with Crippen molar-refractivity contribution < 1.29 is 0 Å². The van der Waals surface area contributed by atoms with Crippen molar-refractivity contribution in [2.24, 2.45) is 0 Å². The highest BCUT2D eigenvalue weighted by molar-refractivity contribution is 5.36. The minimum absolute atomic E-state index is 0.860. The minimum Gasteiger partial charge on any atom is -0.337 e. The van der Waals surface area contributed by atoms with Gasteiger partial charge in [0.25, 0.3) is 0 Å². The molecule has 1 heterocycles. The number of nitriles is 1. The quantitative estimate of drug-likeness (QED) is 0.717.